The molecule has 0 fully saturated rings. The van der Waals surface area contributed by atoms with Crippen molar-refractivity contribution in [1.82, 2.24) is 0 Å². The number of carboxylic acids is 1. The Labute approximate surface area is 202 Å². The lowest BCUT2D eigenvalue weighted by Gasteiger charge is -2.19. The topological polar surface area (TPSA) is 72.8 Å². The van der Waals surface area contributed by atoms with Crippen molar-refractivity contribution >= 4 is 38.5 Å². The Balaban J connectivity index is 1.89. The number of carbonyl (C=O) groups excluding carboxylic acids is 1. The van der Waals surface area contributed by atoms with E-state index in [9.17, 15) is 27.9 Å². The maximum atomic E-state index is 13.1. The highest BCUT2D eigenvalue weighted by Gasteiger charge is 2.31. The van der Waals surface area contributed by atoms with Gasteiger partial charge in [-0.15, -0.1) is 13.2 Å². The standard InChI is InChI=1S/C25H22BrF3O5/c1-24(2,23(31)32)12-11-21(30)19-13-20(26)17-5-3-4-6-18(17)22(19)33-14-15-7-9-16(10-8-15)34-25(27,28)29/h3-10,13H,11-12,14H2,1-2H3,(H,31,32). The van der Waals surface area contributed by atoms with Crippen molar-refractivity contribution < 1.29 is 37.3 Å². The van der Waals surface area contributed by atoms with Gasteiger partial charge in [0.1, 0.15) is 18.1 Å². The van der Waals surface area contributed by atoms with Crippen molar-refractivity contribution in [1.29, 1.82) is 0 Å². The van der Waals surface area contributed by atoms with Gasteiger partial charge in [-0.3, -0.25) is 9.59 Å². The van der Waals surface area contributed by atoms with Gasteiger partial charge < -0.3 is 14.6 Å². The van der Waals surface area contributed by atoms with Gasteiger partial charge in [0.25, 0.3) is 0 Å². The minimum Gasteiger partial charge on any atom is -0.487 e. The summed E-state index contributed by atoms with van der Waals surface area (Å²) in [4.78, 5) is 24.5. The van der Waals surface area contributed by atoms with E-state index < -0.39 is 17.7 Å². The lowest BCUT2D eigenvalue weighted by atomic mass is 9.86. The second-order valence-corrected chi connectivity index (χ2v) is 9.23. The fraction of sp³-hybridized carbons (Fsp3) is 0.280. The molecule has 180 valence electrons. The van der Waals surface area contributed by atoms with E-state index in [0.717, 1.165) is 5.39 Å². The number of Topliss-reactive ketones (excluding diaryl/α,β-unsaturated/α-hetero) is 1. The number of rotatable bonds is 9. The fourth-order valence-electron chi connectivity index (χ4n) is 3.28. The van der Waals surface area contributed by atoms with Crippen LogP contribution in [0.1, 0.15) is 42.6 Å². The van der Waals surface area contributed by atoms with Gasteiger partial charge in [0, 0.05) is 16.3 Å². The number of alkyl halides is 3. The average molecular weight is 539 g/mol. The molecule has 0 aromatic heterocycles. The first-order valence-corrected chi connectivity index (χ1v) is 11.1. The van der Waals surface area contributed by atoms with Crippen molar-refractivity contribution in [2.75, 3.05) is 0 Å². The number of carboxylic acid groups (broad SMARTS) is 1. The molecule has 5 nitrogen and oxygen atoms in total. The van der Waals surface area contributed by atoms with Crippen LogP contribution in [0.15, 0.2) is 59.1 Å². The highest BCUT2D eigenvalue weighted by atomic mass is 79.9. The van der Waals surface area contributed by atoms with E-state index in [4.69, 9.17) is 4.74 Å². The first kappa shape index (κ1) is 25.6. The summed E-state index contributed by atoms with van der Waals surface area (Å²) in [5.74, 6) is -1.28. The second-order valence-electron chi connectivity index (χ2n) is 8.37. The fourth-order valence-corrected chi connectivity index (χ4v) is 3.85. The summed E-state index contributed by atoms with van der Waals surface area (Å²) in [5.41, 5.74) is -0.193. The Hall–Kier alpha value is -3.07. The monoisotopic (exact) mass is 538 g/mol. The van der Waals surface area contributed by atoms with Crippen LogP contribution in [0.2, 0.25) is 0 Å². The first-order valence-electron chi connectivity index (χ1n) is 10.3. The molecule has 0 aliphatic rings. The molecule has 0 spiro atoms. The van der Waals surface area contributed by atoms with E-state index in [1.165, 1.54) is 24.3 Å². The van der Waals surface area contributed by atoms with Crippen LogP contribution < -0.4 is 9.47 Å². The molecule has 0 unspecified atom stereocenters. The predicted octanol–water partition coefficient (Wildman–Crippen LogP) is 7.15. The number of hydrogen-bond donors (Lipinski definition) is 1. The summed E-state index contributed by atoms with van der Waals surface area (Å²) in [6, 6.07) is 14.2. The molecule has 34 heavy (non-hydrogen) atoms. The first-order chi connectivity index (χ1) is 15.9. The van der Waals surface area contributed by atoms with E-state index in [1.807, 2.05) is 12.1 Å². The Morgan fingerprint density at radius 3 is 2.21 bits per heavy atom. The summed E-state index contributed by atoms with van der Waals surface area (Å²) < 4.78 is 47.7. The van der Waals surface area contributed by atoms with Gasteiger partial charge in [0.05, 0.1) is 11.0 Å². The van der Waals surface area contributed by atoms with Gasteiger partial charge in [-0.05, 0) is 49.4 Å². The Morgan fingerprint density at radius 1 is 1.00 bits per heavy atom. The van der Waals surface area contributed by atoms with Crippen molar-refractivity contribution in [2.45, 2.75) is 39.7 Å². The molecule has 0 radical (unpaired) electrons. The molecule has 0 saturated heterocycles. The number of ketones is 1. The number of benzene rings is 3. The zero-order valence-corrected chi connectivity index (χ0v) is 20.0. The molecule has 3 aromatic rings. The molecule has 0 atom stereocenters. The molecule has 3 aromatic carbocycles. The third kappa shape index (κ3) is 6.28. The van der Waals surface area contributed by atoms with Gasteiger partial charge in [-0.1, -0.05) is 52.3 Å². The minimum atomic E-state index is -4.78. The smallest absolute Gasteiger partial charge is 0.487 e. The Bertz CT molecular complexity index is 1200. The molecule has 0 aliphatic carbocycles. The SMILES string of the molecule is CC(C)(CCC(=O)c1cc(Br)c2ccccc2c1OCc1ccc(OC(F)(F)F)cc1)C(=O)O. The van der Waals surface area contributed by atoms with Gasteiger partial charge in [0.15, 0.2) is 5.78 Å². The average Bonchev–Trinajstić information content (AvgIpc) is 2.76. The van der Waals surface area contributed by atoms with Crippen LogP contribution in [-0.4, -0.2) is 23.2 Å². The summed E-state index contributed by atoms with van der Waals surface area (Å²) in [6.45, 7) is 3.11. The number of ether oxygens (including phenoxy) is 2. The molecule has 0 saturated carbocycles. The van der Waals surface area contributed by atoms with Gasteiger partial charge in [0.2, 0.25) is 0 Å². The maximum absolute atomic E-state index is 13.1. The zero-order chi connectivity index (χ0) is 25.1. The largest absolute Gasteiger partial charge is 0.573 e. The van der Waals surface area contributed by atoms with Crippen LogP contribution in [0.4, 0.5) is 13.2 Å². The Morgan fingerprint density at radius 2 is 1.62 bits per heavy atom. The Kier molecular flexibility index (Phi) is 7.55. The maximum Gasteiger partial charge on any atom is 0.573 e. The number of fused-ring (bicyclic) bond motifs is 1. The lowest BCUT2D eigenvalue weighted by Crippen LogP contribution is -2.24. The highest BCUT2D eigenvalue weighted by Crippen LogP contribution is 2.37. The van der Waals surface area contributed by atoms with Crippen molar-refractivity contribution in [3.8, 4) is 11.5 Å². The number of aliphatic carboxylic acids is 1. The van der Waals surface area contributed by atoms with E-state index in [1.54, 1.807) is 32.0 Å². The van der Waals surface area contributed by atoms with Crippen LogP contribution in [0.25, 0.3) is 10.8 Å². The van der Waals surface area contributed by atoms with Gasteiger partial charge in [-0.25, -0.2) is 0 Å². The molecule has 1 N–H and O–H groups in total. The van der Waals surface area contributed by atoms with Crippen LogP contribution in [0.3, 0.4) is 0 Å². The van der Waals surface area contributed by atoms with E-state index in [2.05, 4.69) is 20.7 Å². The molecular formula is C25H22BrF3O5. The van der Waals surface area contributed by atoms with Crippen LogP contribution in [0.5, 0.6) is 11.5 Å². The predicted molar refractivity (Wildman–Crippen MR) is 124 cm³/mol. The molecule has 0 aliphatic heterocycles. The molecule has 0 bridgehead atoms. The van der Waals surface area contributed by atoms with E-state index >= 15 is 0 Å². The van der Waals surface area contributed by atoms with Crippen molar-refractivity contribution in [2.24, 2.45) is 5.41 Å². The third-order valence-corrected chi connectivity index (χ3v) is 6.00. The number of halogens is 4. The van der Waals surface area contributed by atoms with E-state index in [0.29, 0.717) is 26.7 Å². The van der Waals surface area contributed by atoms with Crippen LogP contribution in [-0.2, 0) is 11.4 Å². The number of carbonyl (C=O) groups is 2. The van der Waals surface area contributed by atoms with Gasteiger partial charge in [-0.2, -0.15) is 0 Å². The zero-order valence-electron chi connectivity index (χ0n) is 18.4. The summed E-state index contributed by atoms with van der Waals surface area (Å²) in [6.07, 6.45) is -4.63. The summed E-state index contributed by atoms with van der Waals surface area (Å²) in [5, 5.41) is 10.8. The molecule has 3 rings (SSSR count). The molecule has 0 heterocycles. The molecular weight excluding hydrogens is 517 g/mol. The summed E-state index contributed by atoms with van der Waals surface area (Å²) in [7, 11) is 0. The highest BCUT2D eigenvalue weighted by molar-refractivity contribution is 9.10. The second kappa shape index (κ2) is 10.0. The van der Waals surface area contributed by atoms with Crippen LogP contribution in [0, 0.1) is 5.41 Å². The summed E-state index contributed by atoms with van der Waals surface area (Å²) >= 11 is 3.48. The molecule has 9 heteroatoms. The van der Waals surface area contributed by atoms with Crippen LogP contribution >= 0.6 is 15.9 Å². The number of hydrogen-bond acceptors (Lipinski definition) is 4. The quantitative estimate of drug-likeness (QED) is 0.293. The van der Waals surface area contributed by atoms with Gasteiger partial charge >= 0.3 is 12.3 Å². The van der Waals surface area contributed by atoms with Crippen molar-refractivity contribution in [3.63, 3.8) is 0 Å². The third-order valence-electron chi connectivity index (χ3n) is 5.34. The molecule has 0 amide bonds. The van der Waals surface area contributed by atoms with Crippen molar-refractivity contribution in [3.05, 3.63) is 70.2 Å². The van der Waals surface area contributed by atoms with E-state index in [-0.39, 0.29) is 31.0 Å². The minimum absolute atomic E-state index is 0.00117. The normalized spacial score (nSPS) is 11.9. The lowest BCUT2D eigenvalue weighted by molar-refractivity contribution is -0.274.